The molecule has 0 spiro atoms. The fraction of sp³-hybridized carbons (Fsp3) is 0.364. The summed E-state index contributed by atoms with van der Waals surface area (Å²) >= 11 is 0. The summed E-state index contributed by atoms with van der Waals surface area (Å²) in [5, 5.41) is 29.5. The van der Waals surface area contributed by atoms with Crippen LogP contribution < -0.4 is 11.1 Å². The Labute approximate surface area is 94.4 Å². The highest BCUT2D eigenvalue weighted by atomic mass is 16.3. The number of aliphatic hydroxyl groups is 2. The van der Waals surface area contributed by atoms with Gasteiger partial charge in [-0.25, -0.2) is 0 Å². The van der Waals surface area contributed by atoms with Crippen LogP contribution in [0.2, 0.25) is 0 Å². The highest BCUT2D eigenvalue weighted by molar-refractivity contribution is 5.95. The molecule has 2 atom stereocenters. The molecule has 1 rings (SSSR count). The van der Waals surface area contributed by atoms with Crippen LogP contribution in [0.3, 0.4) is 0 Å². The first-order valence-corrected chi connectivity index (χ1v) is 5.01. The molecule has 0 radical (unpaired) electrons. The summed E-state index contributed by atoms with van der Waals surface area (Å²) in [6.07, 6.45) is -1.86. The highest BCUT2D eigenvalue weighted by Crippen LogP contribution is 2.17. The summed E-state index contributed by atoms with van der Waals surface area (Å²) in [5.41, 5.74) is 6.43. The van der Waals surface area contributed by atoms with Crippen molar-refractivity contribution >= 4 is 5.84 Å². The third-order valence-electron chi connectivity index (χ3n) is 2.32. The normalized spacial score (nSPS) is 14.4. The molecule has 88 valence electrons. The molecule has 0 bridgehead atoms. The molecule has 0 fully saturated rings. The Balaban J connectivity index is 2.86. The van der Waals surface area contributed by atoms with Gasteiger partial charge in [-0.2, -0.15) is 0 Å². The van der Waals surface area contributed by atoms with Crippen LogP contribution in [0.5, 0.6) is 0 Å². The summed E-state index contributed by atoms with van der Waals surface area (Å²) in [4.78, 5) is 0. The number of rotatable bonds is 5. The van der Waals surface area contributed by atoms with Gasteiger partial charge in [0, 0.05) is 12.1 Å². The van der Waals surface area contributed by atoms with Crippen molar-refractivity contribution in [2.24, 2.45) is 5.73 Å². The molecule has 0 aliphatic carbocycles. The second-order valence-corrected chi connectivity index (χ2v) is 3.61. The van der Waals surface area contributed by atoms with Crippen molar-refractivity contribution < 1.29 is 10.2 Å². The summed E-state index contributed by atoms with van der Waals surface area (Å²) in [5.74, 6) is -0.0582. The Kier molecular flexibility index (Phi) is 4.42. The number of amidine groups is 1. The van der Waals surface area contributed by atoms with Crippen molar-refractivity contribution in [2.45, 2.75) is 12.2 Å². The highest BCUT2D eigenvalue weighted by Gasteiger charge is 2.17. The number of hydrogen-bond acceptors (Lipinski definition) is 4. The lowest BCUT2D eigenvalue weighted by Gasteiger charge is -2.18. The van der Waals surface area contributed by atoms with Crippen LogP contribution in [0.4, 0.5) is 0 Å². The van der Waals surface area contributed by atoms with Crippen LogP contribution in [0.15, 0.2) is 24.3 Å². The Morgan fingerprint density at radius 2 is 2.19 bits per heavy atom. The maximum atomic E-state index is 9.83. The van der Waals surface area contributed by atoms with Gasteiger partial charge in [0.1, 0.15) is 11.9 Å². The van der Waals surface area contributed by atoms with E-state index < -0.39 is 12.2 Å². The zero-order chi connectivity index (χ0) is 12.1. The van der Waals surface area contributed by atoms with E-state index in [-0.39, 0.29) is 5.84 Å². The van der Waals surface area contributed by atoms with Gasteiger partial charge in [0.05, 0.1) is 6.10 Å². The van der Waals surface area contributed by atoms with E-state index in [2.05, 4.69) is 5.32 Å². The molecule has 0 aromatic heterocycles. The molecule has 2 unspecified atom stereocenters. The van der Waals surface area contributed by atoms with Crippen LogP contribution in [0.25, 0.3) is 0 Å². The van der Waals surface area contributed by atoms with Gasteiger partial charge in [-0.1, -0.05) is 18.2 Å². The van der Waals surface area contributed by atoms with Crippen molar-refractivity contribution in [2.75, 3.05) is 13.6 Å². The summed E-state index contributed by atoms with van der Waals surface area (Å²) in [6.45, 7) is 0.297. The van der Waals surface area contributed by atoms with E-state index in [0.29, 0.717) is 17.7 Å². The summed E-state index contributed by atoms with van der Waals surface area (Å²) in [7, 11) is 1.70. The predicted molar refractivity (Wildman–Crippen MR) is 62.4 cm³/mol. The minimum atomic E-state index is -0.980. The molecule has 5 nitrogen and oxygen atoms in total. The fourth-order valence-electron chi connectivity index (χ4n) is 1.43. The number of aliphatic hydroxyl groups excluding tert-OH is 2. The first-order chi connectivity index (χ1) is 7.56. The lowest BCUT2D eigenvalue weighted by molar-refractivity contribution is 0.0202. The van der Waals surface area contributed by atoms with Crippen LogP contribution in [0, 0.1) is 5.41 Å². The molecule has 6 N–H and O–H groups in total. The van der Waals surface area contributed by atoms with Crippen molar-refractivity contribution in [1.82, 2.24) is 5.32 Å². The van der Waals surface area contributed by atoms with Gasteiger partial charge in [0.15, 0.2) is 0 Å². The molecule has 0 saturated heterocycles. The molecule has 0 amide bonds. The van der Waals surface area contributed by atoms with Gasteiger partial charge >= 0.3 is 0 Å². The molecule has 0 aliphatic rings. The quantitative estimate of drug-likeness (QED) is 0.346. The molecule has 1 aromatic carbocycles. The molecular formula is C11H17N3O2. The van der Waals surface area contributed by atoms with Gasteiger partial charge in [0.25, 0.3) is 0 Å². The van der Waals surface area contributed by atoms with Gasteiger partial charge in [0.2, 0.25) is 0 Å². The third kappa shape index (κ3) is 3.03. The van der Waals surface area contributed by atoms with E-state index in [1.807, 2.05) is 0 Å². The van der Waals surface area contributed by atoms with Crippen molar-refractivity contribution in [3.8, 4) is 0 Å². The van der Waals surface area contributed by atoms with Crippen molar-refractivity contribution in [3.63, 3.8) is 0 Å². The average molecular weight is 223 g/mol. The molecule has 0 heterocycles. The van der Waals surface area contributed by atoms with E-state index in [4.69, 9.17) is 11.1 Å². The average Bonchev–Trinajstić information content (AvgIpc) is 2.28. The van der Waals surface area contributed by atoms with E-state index in [1.54, 1.807) is 31.3 Å². The second-order valence-electron chi connectivity index (χ2n) is 3.61. The topological polar surface area (TPSA) is 102 Å². The SMILES string of the molecule is CNCC(O)C(O)c1cccc(C(=N)N)c1. The first kappa shape index (κ1) is 12.6. The molecular weight excluding hydrogens is 206 g/mol. The standard InChI is InChI=1S/C11H17N3O2/c1-14-6-9(15)10(16)7-3-2-4-8(5-7)11(12)13/h2-5,9-10,14-16H,6H2,1H3,(H3,12,13). The number of hydrogen-bond donors (Lipinski definition) is 5. The zero-order valence-electron chi connectivity index (χ0n) is 9.14. The maximum absolute atomic E-state index is 9.83. The maximum Gasteiger partial charge on any atom is 0.122 e. The van der Waals surface area contributed by atoms with Crippen LogP contribution in [-0.2, 0) is 0 Å². The Hall–Kier alpha value is -1.43. The lowest BCUT2D eigenvalue weighted by atomic mass is 10.0. The zero-order valence-corrected chi connectivity index (χ0v) is 9.14. The van der Waals surface area contributed by atoms with Crippen LogP contribution >= 0.6 is 0 Å². The Morgan fingerprint density at radius 1 is 1.50 bits per heavy atom. The predicted octanol–water partition coefficient (Wildman–Crippen LogP) is -0.416. The smallest absolute Gasteiger partial charge is 0.122 e. The Bertz CT molecular complexity index is 368. The molecule has 0 saturated carbocycles. The van der Waals surface area contributed by atoms with Crippen LogP contribution in [0.1, 0.15) is 17.2 Å². The fourth-order valence-corrected chi connectivity index (χ4v) is 1.43. The monoisotopic (exact) mass is 223 g/mol. The second kappa shape index (κ2) is 5.60. The van der Waals surface area contributed by atoms with Gasteiger partial charge < -0.3 is 21.3 Å². The van der Waals surface area contributed by atoms with E-state index >= 15 is 0 Å². The number of nitrogens with two attached hydrogens (primary N) is 1. The summed E-state index contributed by atoms with van der Waals surface area (Å²) in [6, 6.07) is 6.67. The molecule has 0 aliphatic heterocycles. The van der Waals surface area contributed by atoms with Crippen molar-refractivity contribution in [1.29, 1.82) is 5.41 Å². The number of nitrogen functional groups attached to an aromatic ring is 1. The van der Waals surface area contributed by atoms with Crippen molar-refractivity contribution in [3.05, 3.63) is 35.4 Å². The van der Waals surface area contributed by atoms with Gasteiger partial charge in [-0.15, -0.1) is 0 Å². The van der Waals surface area contributed by atoms with Gasteiger partial charge in [-0.3, -0.25) is 5.41 Å². The number of benzene rings is 1. The number of nitrogens with one attached hydrogen (secondary N) is 2. The van der Waals surface area contributed by atoms with Gasteiger partial charge in [-0.05, 0) is 18.7 Å². The minimum absolute atomic E-state index is 0.0582. The summed E-state index contributed by atoms with van der Waals surface area (Å²) < 4.78 is 0. The molecule has 5 heteroatoms. The van der Waals surface area contributed by atoms with Crippen LogP contribution in [-0.4, -0.2) is 35.7 Å². The minimum Gasteiger partial charge on any atom is -0.389 e. The molecule has 16 heavy (non-hydrogen) atoms. The van der Waals surface area contributed by atoms with E-state index in [1.165, 1.54) is 0 Å². The third-order valence-corrected chi connectivity index (χ3v) is 2.32. The largest absolute Gasteiger partial charge is 0.389 e. The Morgan fingerprint density at radius 3 is 2.75 bits per heavy atom. The van der Waals surface area contributed by atoms with E-state index in [0.717, 1.165) is 0 Å². The number of likely N-dealkylation sites (N-methyl/N-ethyl adjacent to an activating group) is 1. The first-order valence-electron chi connectivity index (χ1n) is 5.01. The lowest BCUT2D eigenvalue weighted by Crippen LogP contribution is -2.29. The molecule has 1 aromatic rings. The van der Waals surface area contributed by atoms with E-state index in [9.17, 15) is 10.2 Å².